The summed E-state index contributed by atoms with van der Waals surface area (Å²) < 4.78 is 0. The Bertz CT molecular complexity index is 869. The fourth-order valence-electron chi connectivity index (χ4n) is 4.61. The number of benzene rings is 2. The highest BCUT2D eigenvalue weighted by molar-refractivity contribution is 7.80. The number of rotatable bonds is 4. The molecule has 146 valence electrons. The molecule has 2 N–H and O–H groups in total. The molecular weight excluding hydrogens is 364 g/mol. The molecule has 0 aromatic heterocycles. The van der Waals surface area contributed by atoms with Gasteiger partial charge < -0.3 is 10.6 Å². The molecule has 1 aliphatic carbocycles. The SMILES string of the molecule is Cc1cccc(CC2=C(C3CCC(c4ccccc4)CC3)NC(S)NC2=O)c1. The van der Waals surface area contributed by atoms with Crippen molar-refractivity contribution < 1.29 is 4.79 Å². The Morgan fingerprint density at radius 2 is 1.64 bits per heavy atom. The number of amides is 1. The molecule has 0 spiro atoms. The summed E-state index contributed by atoms with van der Waals surface area (Å²) >= 11 is 4.48. The zero-order chi connectivity index (χ0) is 19.5. The van der Waals surface area contributed by atoms with Crippen molar-refractivity contribution in [1.29, 1.82) is 0 Å². The second kappa shape index (κ2) is 8.44. The third-order valence-electron chi connectivity index (χ3n) is 6.03. The Kier molecular flexibility index (Phi) is 5.77. The van der Waals surface area contributed by atoms with Gasteiger partial charge in [0.15, 0.2) is 0 Å². The van der Waals surface area contributed by atoms with Gasteiger partial charge in [-0.15, -0.1) is 12.6 Å². The summed E-state index contributed by atoms with van der Waals surface area (Å²) in [5.41, 5.74) is 5.52. The van der Waals surface area contributed by atoms with Gasteiger partial charge in [0.25, 0.3) is 5.91 Å². The number of carbonyl (C=O) groups is 1. The Hall–Kier alpha value is -2.20. The van der Waals surface area contributed by atoms with Crippen molar-refractivity contribution in [2.24, 2.45) is 5.92 Å². The van der Waals surface area contributed by atoms with Gasteiger partial charge in [-0.3, -0.25) is 4.79 Å². The van der Waals surface area contributed by atoms with Crippen LogP contribution in [-0.2, 0) is 11.2 Å². The summed E-state index contributed by atoms with van der Waals surface area (Å²) in [6.45, 7) is 2.09. The second-order valence-electron chi connectivity index (χ2n) is 8.04. The van der Waals surface area contributed by atoms with Crippen LogP contribution in [0.3, 0.4) is 0 Å². The standard InChI is InChI=1S/C24H28N2OS/c1-16-6-5-7-17(14-16)15-21-22(25-24(28)26-23(21)27)20-12-10-19(11-13-20)18-8-3-2-4-9-18/h2-9,14,19-20,24-25,28H,10-13,15H2,1H3,(H,26,27). The molecule has 0 bridgehead atoms. The Labute approximate surface area is 173 Å². The van der Waals surface area contributed by atoms with E-state index in [1.165, 1.54) is 16.7 Å². The van der Waals surface area contributed by atoms with E-state index in [-0.39, 0.29) is 11.4 Å². The molecule has 3 nitrogen and oxygen atoms in total. The number of hydrogen-bond acceptors (Lipinski definition) is 3. The van der Waals surface area contributed by atoms with Crippen LogP contribution in [-0.4, -0.2) is 11.4 Å². The first-order valence-electron chi connectivity index (χ1n) is 10.2. The number of allylic oxidation sites excluding steroid dienone is 1. The van der Waals surface area contributed by atoms with Crippen LogP contribution in [0.5, 0.6) is 0 Å². The van der Waals surface area contributed by atoms with E-state index in [9.17, 15) is 4.79 Å². The largest absolute Gasteiger partial charge is 0.360 e. The van der Waals surface area contributed by atoms with Crippen LogP contribution in [0, 0.1) is 12.8 Å². The number of nitrogens with one attached hydrogen (secondary N) is 2. The third-order valence-corrected chi connectivity index (χ3v) is 6.29. The first-order chi connectivity index (χ1) is 13.6. The van der Waals surface area contributed by atoms with E-state index < -0.39 is 0 Å². The molecule has 1 aliphatic heterocycles. The van der Waals surface area contributed by atoms with Gasteiger partial charge in [-0.05, 0) is 55.6 Å². The lowest BCUT2D eigenvalue weighted by Crippen LogP contribution is -2.49. The van der Waals surface area contributed by atoms with Crippen molar-refractivity contribution in [1.82, 2.24) is 10.6 Å². The molecule has 1 fully saturated rings. The smallest absolute Gasteiger partial charge is 0.251 e. The number of aryl methyl sites for hydroxylation is 1. The molecule has 1 amide bonds. The minimum Gasteiger partial charge on any atom is -0.360 e. The molecule has 2 aromatic rings. The van der Waals surface area contributed by atoms with Gasteiger partial charge in [0.05, 0.1) is 0 Å². The molecule has 1 saturated carbocycles. The van der Waals surface area contributed by atoms with Gasteiger partial charge >= 0.3 is 0 Å². The fraction of sp³-hybridized carbons (Fsp3) is 0.375. The Morgan fingerprint density at radius 1 is 0.929 bits per heavy atom. The highest BCUT2D eigenvalue weighted by atomic mass is 32.1. The summed E-state index contributed by atoms with van der Waals surface area (Å²) in [4.78, 5) is 12.8. The van der Waals surface area contributed by atoms with Crippen LogP contribution in [0.4, 0.5) is 0 Å². The molecule has 2 aliphatic rings. The van der Waals surface area contributed by atoms with Crippen LogP contribution >= 0.6 is 12.6 Å². The Morgan fingerprint density at radius 3 is 2.36 bits per heavy atom. The summed E-state index contributed by atoms with van der Waals surface area (Å²) in [7, 11) is 0. The van der Waals surface area contributed by atoms with Crippen LogP contribution in [0.15, 0.2) is 65.9 Å². The Balaban J connectivity index is 1.55. The average Bonchev–Trinajstić information content (AvgIpc) is 2.71. The van der Waals surface area contributed by atoms with Crippen LogP contribution in [0.2, 0.25) is 0 Å². The van der Waals surface area contributed by atoms with E-state index in [1.807, 2.05) is 0 Å². The van der Waals surface area contributed by atoms with E-state index >= 15 is 0 Å². The molecule has 1 atom stereocenters. The lowest BCUT2D eigenvalue weighted by molar-refractivity contribution is -0.118. The number of hydrogen-bond donors (Lipinski definition) is 3. The molecular formula is C24H28N2OS. The summed E-state index contributed by atoms with van der Waals surface area (Å²) in [5.74, 6) is 1.04. The summed E-state index contributed by atoms with van der Waals surface area (Å²) in [6, 6.07) is 19.2. The zero-order valence-corrected chi connectivity index (χ0v) is 17.2. The van der Waals surface area contributed by atoms with Crippen LogP contribution in [0.1, 0.15) is 48.3 Å². The van der Waals surface area contributed by atoms with Crippen LogP contribution < -0.4 is 10.6 Å². The van der Waals surface area contributed by atoms with E-state index in [0.717, 1.165) is 37.0 Å². The van der Waals surface area contributed by atoms with Gasteiger partial charge in [0.1, 0.15) is 5.50 Å². The molecule has 4 rings (SSSR count). The monoisotopic (exact) mass is 392 g/mol. The minimum absolute atomic E-state index is 0.0143. The van der Waals surface area contributed by atoms with Crippen molar-refractivity contribution in [2.45, 2.75) is 50.4 Å². The molecule has 0 saturated heterocycles. The molecule has 4 heteroatoms. The van der Waals surface area contributed by atoms with Gasteiger partial charge in [-0.25, -0.2) is 0 Å². The topological polar surface area (TPSA) is 41.1 Å². The molecule has 0 radical (unpaired) electrons. The first kappa shape index (κ1) is 19.1. The van der Waals surface area contributed by atoms with Crippen molar-refractivity contribution in [2.75, 3.05) is 0 Å². The van der Waals surface area contributed by atoms with E-state index in [1.54, 1.807) is 0 Å². The maximum Gasteiger partial charge on any atom is 0.251 e. The van der Waals surface area contributed by atoms with Crippen molar-refractivity contribution in [3.05, 3.63) is 82.6 Å². The molecule has 2 aromatic carbocycles. The predicted octanol–water partition coefficient (Wildman–Crippen LogP) is 4.70. The van der Waals surface area contributed by atoms with Gasteiger partial charge in [-0.2, -0.15) is 0 Å². The van der Waals surface area contributed by atoms with Gasteiger partial charge in [-0.1, -0.05) is 60.2 Å². The van der Waals surface area contributed by atoms with Crippen molar-refractivity contribution in [3.8, 4) is 0 Å². The normalized spacial score (nSPS) is 25.2. The first-order valence-corrected chi connectivity index (χ1v) is 10.7. The second-order valence-corrected chi connectivity index (χ2v) is 8.55. The lowest BCUT2D eigenvalue weighted by Gasteiger charge is -2.36. The van der Waals surface area contributed by atoms with E-state index in [0.29, 0.717) is 18.3 Å². The third kappa shape index (κ3) is 4.27. The van der Waals surface area contributed by atoms with Crippen LogP contribution in [0.25, 0.3) is 0 Å². The fourth-order valence-corrected chi connectivity index (χ4v) is 4.87. The average molecular weight is 393 g/mol. The maximum absolute atomic E-state index is 12.8. The summed E-state index contributed by atoms with van der Waals surface area (Å²) in [6.07, 6.45) is 5.20. The van der Waals surface area contributed by atoms with E-state index in [4.69, 9.17) is 0 Å². The minimum atomic E-state index is -0.310. The number of carbonyl (C=O) groups excluding carboxylic acids is 1. The molecule has 28 heavy (non-hydrogen) atoms. The van der Waals surface area contributed by atoms with Crippen molar-refractivity contribution >= 4 is 18.5 Å². The predicted molar refractivity (Wildman–Crippen MR) is 117 cm³/mol. The molecule has 1 unspecified atom stereocenters. The zero-order valence-electron chi connectivity index (χ0n) is 16.3. The quantitative estimate of drug-likeness (QED) is 0.660. The van der Waals surface area contributed by atoms with Gasteiger partial charge in [0.2, 0.25) is 0 Å². The van der Waals surface area contributed by atoms with Gasteiger partial charge in [0, 0.05) is 17.7 Å². The highest BCUT2D eigenvalue weighted by Gasteiger charge is 2.32. The highest BCUT2D eigenvalue weighted by Crippen LogP contribution is 2.39. The van der Waals surface area contributed by atoms with Crippen molar-refractivity contribution in [3.63, 3.8) is 0 Å². The maximum atomic E-state index is 12.8. The summed E-state index contributed by atoms with van der Waals surface area (Å²) in [5, 5.41) is 6.39. The molecule has 1 heterocycles. The lowest BCUT2D eigenvalue weighted by atomic mass is 9.76. The van der Waals surface area contributed by atoms with E-state index in [2.05, 4.69) is 84.8 Å². The number of thiol groups is 1.